The van der Waals surface area contributed by atoms with Gasteiger partial charge in [0.05, 0.1) is 15.8 Å². The zero-order valence-electron chi connectivity index (χ0n) is 19.6. The first-order chi connectivity index (χ1) is 16.2. The van der Waals surface area contributed by atoms with Gasteiger partial charge in [0.15, 0.2) is 9.84 Å². The Morgan fingerprint density at radius 3 is 2.24 bits per heavy atom. The predicted octanol–water partition coefficient (Wildman–Crippen LogP) is 5.81. The first kappa shape index (κ1) is 26.0. The molecular formula is C27H33NO4S2. The van der Waals surface area contributed by atoms with Crippen LogP contribution >= 0.6 is 0 Å². The third-order valence-corrected chi connectivity index (χ3v) is 10.2. The zero-order chi connectivity index (χ0) is 24.8. The molecule has 0 aromatic heterocycles. The van der Waals surface area contributed by atoms with Crippen molar-refractivity contribution in [1.82, 2.24) is 4.31 Å². The lowest BCUT2D eigenvalue weighted by atomic mass is 10.1. The fourth-order valence-electron chi connectivity index (χ4n) is 4.32. The van der Waals surface area contributed by atoms with Crippen LogP contribution in [-0.2, 0) is 19.9 Å². The van der Waals surface area contributed by atoms with Crippen LogP contribution < -0.4 is 0 Å². The van der Waals surface area contributed by atoms with Crippen LogP contribution in [-0.4, -0.2) is 32.4 Å². The van der Waals surface area contributed by atoms with Gasteiger partial charge in [-0.05, 0) is 63.3 Å². The fourth-order valence-corrected chi connectivity index (χ4v) is 8.01. The van der Waals surface area contributed by atoms with Gasteiger partial charge in [-0.2, -0.15) is 0 Å². The molecule has 0 spiro atoms. The molecule has 0 fully saturated rings. The zero-order valence-corrected chi connectivity index (χ0v) is 21.3. The van der Waals surface area contributed by atoms with Crippen molar-refractivity contribution in [2.75, 3.05) is 0 Å². The monoisotopic (exact) mass is 499 g/mol. The second-order valence-electron chi connectivity index (χ2n) is 8.58. The van der Waals surface area contributed by atoms with E-state index in [1.54, 1.807) is 66.7 Å². The van der Waals surface area contributed by atoms with Gasteiger partial charge in [0.1, 0.15) is 5.25 Å². The van der Waals surface area contributed by atoms with E-state index in [-0.39, 0.29) is 9.79 Å². The molecule has 7 heteroatoms. The second-order valence-corrected chi connectivity index (χ2v) is 12.5. The van der Waals surface area contributed by atoms with E-state index in [2.05, 4.69) is 13.2 Å². The number of nitrogens with zero attached hydrogens (tertiary/aromatic N) is 1. The highest BCUT2D eigenvalue weighted by Crippen LogP contribution is 2.38. The third-order valence-electron chi connectivity index (χ3n) is 6.10. The van der Waals surface area contributed by atoms with Gasteiger partial charge >= 0.3 is 0 Å². The van der Waals surface area contributed by atoms with Gasteiger partial charge in [0.2, 0.25) is 0 Å². The molecule has 182 valence electrons. The van der Waals surface area contributed by atoms with E-state index in [1.165, 1.54) is 4.31 Å². The van der Waals surface area contributed by atoms with Crippen LogP contribution in [0.4, 0.5) is 0 Å². The number of hydrogen-bond donors (Lipinski definition) is 0. The van der Waals surface area contributed by atoms with Crippen LogP contribution in [0.25, 0.3) is 0 Å². The maximum Gasteiger partial charge on any atom is 0.264 e. The van der Waals surface area contributed by atoms with E-state index in [1.807, 2.05) is 13.0 Å². The fraction of sp³-hybridized carbons (Fsp3) is 0.333. The Hall–Kier alpha value is -2.64. The van der Waals surface area contributed by atoms with Crippen LogP contribution in [0.5, 0.6) is 0 Å². The maximum atomic E-state index is 13.8. The molecule has 0 aliphatic carbocycles. The van der Waals surface area contributed by atoms with Gasteiger partial charge in [-0.25, -0.2) is 16.8 Å². The molecule has 5 nitrogen and oxygen atoms in total. The number of unbranched alkanes of at least 4 members (excludes halogenated alkanes) is 2. The molecule has 34 heavy (non-hydrogen) atoms. The molecule has 0 radical (unpaired) electrons. The van der Waals surface area contributed by atoms with Crippen molar-refractivity contribution in [1.29, 1.82) is 0 Å². The first-order valence-electron chi connectivity index (χ1n) is 11.6. The summed E-state index contributed by atoms with van der Waals surface area (Å²) in [6.45, 7) is 9.42. The summed E-state index contributed by atoms with van der Waals surface area (Å²) >= 11 is 0. The van der Waals surface area contributed by atoms with Gasteiger partial charge < -0.3 is 0 Å². The number of rotatable bonds is 12. The maximum absolute atomic E-state index is 13.8. The molecule has 0 unspecified atom stereocenters. The Labute approximate surface area is 204 Å². The number of aryl methyl sites for hydroxylation is 1. The van der Waals surface area contributed by atoms with Crippen LogP contribution in [0.3, 0.4) is 0 Å². The number of sulfone groups is 1. The summed E-state index contributed by atoms with van der Waals surface area (Å²) in [5, 5.41) is -0.963. The molecule has 2 aromatic rings. The first-order valence-corrected chi connectivity index (χ1v) is 14.5. The minimum Gasteiger partial charge on any atom is -0.265 e. The van der Waals surface area contributed by atoms with Crippen molar-refractivity contribution >= 4 is 19.9 Å². The van der Waals surface area contributed by atoms with Crippen LogP contribution in [0.2, 0.25) is 0 Å². The van der Waals surface area contributed by atoms with Crippen molar-refractivity contribution in [2.45, 2.75) is 66.5 Å². The molecule has 1 aliphatic heterocycles. The van der Waals surface area contributed by atoms with Gasteiger partial charge in [-0.1, -0.05) is 60.5 Å². The lowest BCUT2D eigenvalue weighted by molar-refractivity contribution is 0.393. The van der Waals surface area contributed by atoms with Crippen LogP contribution in [0, 0.1) is 6.92 Å². The minimum absolute atomic E-state index is 0.155. The molecule has 0 bridgehead atoms. The topological polar surface area (TPSA) is 71.5 Å². The highest BCUT2D eigenvalue weighted by molar-refractivity contribution is 7.92. The van der Waals surface area contributed by atoms with Crippen molar-refractivity contribution in [3.63, 3.8) is 0 Å². The molecule has 0 amide bonds. The molecule has 0 saturated heterocycles. The quantitative estimate of drug-likeness (QED) is 0.273. The SMILES string of the molecule is C=CCCCC[C@@H](C1=CC[C@H](CC=C)N1S(=O)(=O)c1ccc(C)cc1)S(=O)(=O)c1ccccc1. The summed E-state index contributed by atoms with van der Waals surface area (Å²) in [7, 11) is -7.78. The van der Waals surface area contributed by atoms with Crippen molar-refractivity contribution in [2.24, 2.45) is 0 Å². The van der Waals surface area contributed by atoms with E-state index in [9.17, 15) is 16.8 Å². The molecule has 0 N–H and O–H groups in total. The standard InChI is InChI=1S/C27H33NO4S2/c1-4-6-7-11-15-27(33(29,30)24-13-9-8-10-14-24)26-21-18-23(12-5-2)28(26)34(31,32)25-19-16-22(3)17-20-25/h4-5,8-10,13-14,16-17,19-21,23,27H,1-2,6-7,11-12,15,18H2,3H3/t23-,27-/m0/s1. The van der Waals surface area contributed by atoms with Gasteiger partial charge in [0, 0.05) is 5.70 Å². The van der Waals surface area contributed by atoms with Gasteiger partial charge in [-0.15, -0.1) is 13.2 Å². The summed E-state index contributed by atoms with van der Waals surface area (Å²) in [5.41, 5.74) is 1.29. The Morgan fingerprint density at radius 1 is 0.941 bits per heavy atom. The highest BCUT2D eigenvalue weighted by Gasteiger charge is 2.43. The summed E-state index contributed by atoms with van der Waals surface area (Å²) in [4.78, 5) is 0.354. The van der Waals surface area contributed by atoms with E-state index in [4.69, 9.17) is 0 Å². The largest absolute Gasteiger partial charge is 0.265 e. The molecule has 2 aromatic carbocycles. The van der Waals surface area contributed by atoms with Gasteiger partial charge in [-0.3, -0.25) is 4.31 Å². The molecule has 1 aliphatic rings. The van der Waals surface area contributed by atoms with Crippen LogP contribution in [0.15, 0.2) is 101 Å². The van der Waals surface area contributed by atoms with E-state index in [0.717, 1.165) is 18.4 Å². The summed E-state index contributed by atoms with van der Waals surface area (Å²) in [5.74, 6) is 0. The number of sulfonamides is 1. The average molecular weight is 500 g/mol. The second kappa shape index (κ2) is 11.2. The molecular weight excluding hydrogens is 466 g/mol. The summed E-state index contributed by atoms with van der Waals surface area (Å²) in [6.07, 6.45) is 8.70. The smallest absolute Gasteiger partial charge is 0.264 e. The molecule has 1 heterocycles. The number of allylic oxidation sites excluding steroid dienone is 1. The minimum atomic E-state index is -3.96. The predicted molar refractivity (Wildman–Crippen MR) is 138 cm³/mol. The molecule has 3 rings (SSSR count). The molecule has 0 saturated carbocycles. The van der Waals surface area contributed by atoms with Crippen molar-refractivity contribution in [3.05, 3.63) is 97.2 Å². The van der Waals surface area contributed by atoms with E-state index in [0.29, 0.717) is 31.4 Å². The number of hydrogen-bond acceptors (Lipinski definition) is 4. The Bertz CT molecular complexity index is 1230. The van der Waals surface area contributed by atoms with Crippen LogP contribution in [0.1, 0.15) is 44.1 Å². The summed E-state index contributed by atoms with van der Waals surface area (Å²) in [6, 6.07) is 14.5. The lowest BCUT2D eigenvalue weighted by Crippen LogP contribution is -2.41. The van der Waals surface area contributed by atoms with E-state index >= 15 is 0 Å². The Balaban J connectivity index is 2.09. The summed E-state index contributed by atoms with van der Waals surface area (Å²) < 4.78 is 56.6. The van der Waals surface area contributed by atoms with Crippen molar-refractivity contribution < 1.29 is 16.8 Å². The highest BCUT2D eigenvalue weighted by atomic mass is 32.2. The van der Waals surface area contributed by atoms with Gasteiger partial charge in [0.25, 0.3) is 10.0 Å². The Morgan fingerprint density at radius 2 is 1.62 bits per heavy atom. The third kappa shape index (κ3) is 5.53. The van der Waals surface area contributed by atoms with Crippen molar-refractivity contribution in [3.8, 4) is 0 Å². The Kier molecular flexibility index (Phi) is 8.55. The normalized spacial score (nSPS) is 17.3. The molecule has 2 atom stereocenters. The van der Waals surface area contributed by atoms with E-state index < -0.39 is 31.2 Å². The average Bonchev–Trinajstić information content (AvgIpc) is 3.24. The number of benzene rings is 2. The lowest BCUT2D eigenvalue weighted by Gasteiger charge is -2.32.